The van der Waals surface area contributed by atoms with E-state index in [1.165, 1.54) is 11.1 Å². The monoisotopic (exact) mass is 241 g/mol. The average molecular weight is 241 g/mol. The van der Waals surface area contributed by atoms with Crippen molar-refractivity contribution in [3.8, 4) is 11.1 Å². The second-order valence-electron chi connectivity index (χ2n) is 4.48. The van der Waals surface area contributed by atoms with Gasteiger partial charge >= 0.3 is 0 Å². The molecular formula is C17H23N. The summed E-state index contributed by atoms with van der Waals surface area (Å²) in [6.07, 6.45) is 1.11. The van der Waals surface area contributed by atoms with Crippen LogP contribution in [0.2, 0.25) is 0 Å². The maximum Gasteiger partial charge on any atom is 0.0429 e. The van der Waals surface area contributed by atoms with Gasteiger partial charge in [-0.15, -0.1) is 0 Å². The lowest BCUT2D eigenvalue weighted by atomic mass is 9.92. The van der Waals surface area contributed by atoms with E-state index in [1.54, 1.807) is 0 Å². The first kappa shape index (κ1) is 14.3. The molecule has 1 unspecified atom stereocenters. The minimum absolute atomic E-state index is 0. The van der Waals surface area contributed by atoms with Crippen molar-refractivity contribution >= 4 is 5.69 Å². The van der Waals surface area contributed by atoms with E-state index in [9.17, 15) is 0 Å². The van der Waals surface area contributed by atoms with Gasteiger partial charge in [-0.05, 0) is 23.5 Å². The van der Waals surface area contributed by atoms with E-state index in [0.29, 0.717) is 5.92 Å². The minimum Gasteiger partial charge on any atom is -0.398 e. The van der Waals surface area contributed by atoms with Crippen LogP contribution < -0.4 is 5.73 Å². The topological polar surface area (TPSA) is 26.0 Å². The Kier molecular flexibility index (Phi) is 4.96. The van der Waals surface area contributed by atoms with Crippen LogP contribution in [-0.4, -0.2) is 0 Å². The molecule has 0 fully saturated rings. The Morgan fingerprint density at radius 1 is 1.00 bits per heavy atom. The molecule has 1 atom stereocenters. The first-order valence-electron chi connectivity index (χ1n) is 6.17. The highest BCUT2D eigenvalue weighted by Gasteiger charge is 2.10. The fourth-order valence-corrected chi connectivity index (χ4v) is 2.10. The van der Waals surface area contributed by atoms with Crippen molar-refractivity contribution in [1.82, 2.24) is 0 Å². The van der Waals surface area contributed by atoms with Crippen molar-refractivity contribution < 1.29 is 0 Å². The van der Waals surface area contributed by atoms with E-state index in [1.807, 2.05) is 18.2 Å². The fraction of sp³-hybridized carbons (Fsp3) is 0.294. The van der Waals surface area contributed by atoms with Gasteiger partial charge in [0.2, 0.25) is 0 Å². The maximum absolute atomic E-state index is 6.29. The summed E-state index contributed by atoms with van der Waals surface area (Å²) in [5, 5.41) is 0. The molecule has 96 valence electrons. The van der Waals surface area contributed by atoms with Crippen LogP contribution in [0.3, 0.4) is 0 Å². The van der Waals surface area contributed by atoms with Gasteiger partial charge in [-0.25, -0.2) is 0 Å². The van der Waals surface area contributed by atoms with Gasteiger partial charge in [-0.2, -0.15) is 0 Å². The predicted molar refractivity (Wildman–Crippen MR) is 81.7 cm³/mol. The molecule has 0 heterocycles. The van der Waals surface area contributed by atoms with Gasteiger partial charge in [0.15, 0.2) is 0 Å². The molecular weight excluding hydrogens is 218 g/mol. The lowest BCUT2D eigenvalue weighted by molar-refractivity contribution is 0.736. The lowest BCUT2D eigenvalue weighted by Gasteiger charge is -2.15. The van der Waals surface area contributed by atoms with Crippen LogP contribution in [0.25, 0.3) is 11.1 Å². The SMILES string of the molecule is C.CCC(C)c1cccc(-c2ccccc2)c1N. The van der Waals surface area contributed by atoms with Gasteiger partial charge in [0, 0.05) is 11.3 Å². The van der Waals surface area contributed by atoms with Crippen molar-refractivity contribution in [2.75, 3.05) is 5.73 Å². The van der Waals surface area contributed by atoms with Gasteiger partial charge in [0.05, 0.1) is 0 Å². The fourth-order valence-electron chi connectivity index (χ4n) is 2.10. The number of para-hydroxylation sites is 1. The summed E-state index contributed by atoms with van der Waals surface area (Å²) in [5.41, 5.74) is 10.8. The first-order chi connectivity index (χ1) is 8.24. The van der Waals surface area contributed by atoms with Gasteiger partial charge in [0.1, 0.15) is 0 Å². The quantitative estimate of drug-likeness (QED) is 0.744. The highest BCUT2D eigenvalue weighted by atomic mass is 14.6. The molecule has 0 aromatic heterocycles. The Bertz CT molecular complexity index is 488. The summed E-state index contributed by atoms with van der Waals surface area (Å²) in [6, 6.07) is 16.7. The zero-order valence-corrected chi connectivity index (χ0v) is 10.5. The van der Waals surface area contributed by atoms with Crippen molar-refractivity contribution in [2.45, 2.75) is 33.6 Å². The minimum atomic E-state index is 0. The Morgan fingerprint density at radius 2 is 1.67 bits per heavy atom. The maximum atomic E-state index is 6.29. The molecule has 1 nitrogen and oxygen atoms in total. The third-order valence-corrected chi connectivity index (χ3v) is 3.37. The summed E-state index contributed by atoms with van der Waals surface area (Å²) in [5.74, 6) is 0.513. The van der Waals surface area contributed by atoms with E-state index in [4.69, 9.17) is 5.73 Å². The summed E-state index contributed by atoms with van der Waals surface area (Å²) in [6.45, 7) is 4.42. The third-order valence-electron chi connectivity index (χ3n) is 3.37. The molecule has 0 spiro atoms. The number of hydrogen-bond donors (Lipinski definition) is 1. The van der Waals surface area contributed by atoms with Gasteiger partial charge in [0.25, 0.3) is 0 Å². The second kappa shape index (κ2) is 6.25. The molecule has 0 saturated carbocycles. The molecule has 1 heteroatoms. The Labute approximate surface area is 111 Å². The predicted octanol–water partition coefficient (Wildman–Crippen LogP) is 5.09. The molecule has 0 aliphatic rings. The van der Waals surface area contributed by atoms with Crippen molar-refractivity contribution in [1.29, 1.82) is 0 Å². The molecule has 0 bridgehead atoms. The van der Waals surface area contributed by atoms with E-state index >= 15 is 0 Å². The standard InChI is InChI=1S/C16H19N.CH4/c1-3-12(2)14-10-7-11-15(16(14)17)13-8-5-4-6-9-13;/h4-12H,3,17H2,1-2H3;1H4. The first-order valence-corrected chi connectivity index (χ1v) is 6.17. The Balaban J connectivity index is 0.00000162. The zero-order valence-electron chi connectivity index (χ0n) is 10.5. The molecule has 0 saturated heterocycles. The van der Waals surface area contributed by atoms with E-state index in [2.05, 4.69) is 44.2 Å². The van der Waals surface area contributed by atoms with Crippen LogP contribution in [0.15, 0.2) is 48.5 Å². The molecule has 0 radical (unpaired) electrons. The average Bonchev–Trinajstić information content (AvgIpc) is 2.39. The second-order valence-corrected chi connectivity index (χ2v) is 4.48. The highest BCUT2D eigenvalue weighted by molar-refractivity contribution is 5.78. The third kappa shape index (κ3) is 2.73. The molecule has 0 aliphatic carbocycles. The number of benzene rings is 2. The van der Waals surface area contributed by atoms with Crippen LogP contribution in [0, 0.1) is 0 Å². The molecule has 0 amide bonds. The van der Waals surface area contributed by atoms with Crippen LogP contribution in [-0.2, 0) is 0 Å². The number of nitrogen functional groups attached to an aromatic ring is 1. The van der Waals surface area contributed by atoms with Crippen molar-refractivity contribution in [2.24, 2.45) is 0 Å². The van der Waals surface area contributed by atoms with Crippen LogP contribution in [0.4, 0.5) is 5.69 Å². The summed E-state index contributed by atoms with van der Waals surface area (Å²) < 4.78 is 0. The van der Waals surface area contributed by atoms with Gasteiger partial charge in [-0.3, -0.25) is 0 Å². The molecule has 0 aliphatic heterocycles. The summed E-state index contributed by atoms with van der Waals surface area (Å²) in [7, 11) is 0. The summed E-state index contributed by atoms with van der Waals surface area (Å²) in [4.78, 5) is 0. The Hall–Kier alpha value is -1.76. The number of nitrogens with two attached hydrogens (primary N) is 1. The lowest BCUT2D eigenvalue weighted by Crippen LogP contribution is -2.00. The molecule has 2 aromatic carbocycles. The van der Waals surface area contributed by atoms with E-state index in [0.717, 1.165) is 17.7 Å². The smallest absolute Gasteiger partial charge is 0.0429 e. The van der Waals surface area contributed by atoms with Crippen LogP contribution in [0.1, 0.15) is 39.2 Å². The van der Waals surface area contributed by atoms with Crippen molar-refractivity contribution in [3.63, 3.8) is 0 Å². The van der Waals surface area contributed by atoms with E-state index in [-0.39, 0.29) is 7.43 Å². The molecule has 2 aromatic rings. The summed E-state index contributed by atoms with van der Waals surface area (Å²) >= 11 is 0. The Morgan fingerprint density at radius 3 is 2.28 bits per heavy atom. The molecule has 2 N–H and O–H groups in total. The van der Waals surface area contributed by atoms with Crippen molar-refractivity contribution in [3.05, 3.63) is 54.1 Å². The highest BCUT2D eigenvalue weighted by Crippen LogP contribution is 2.33. The van der Waals surface area contributed by atoms with Gasteiger partial charge < -0.3 is 5.73 Å². The van der Waals surface area contributed by atoms with E-state index < -0.39 is 0 Å². The number of anilines is 1. The van der Waals surface area contributed by atoms with Gasteiger partial charge in [-0.1, -0.05) is 69.8 Å². The largest absolute Gasteiger partial charge is 0.398 e. The normalized spacial score (nSPS) is 11.7. The number of rotatable bonds is 3. The van der Waals surface area contributed by atoms with Crippen LogP contribution in [0.5, 0.6) is 0 Å². The number of hydrogen-bond acceptors (Lipinski definition) is 1. The van der Waals surface area contributed by atoms with Crippen LogP contribution >= 0.6 is 0 Å². The molecule has 2 rings (SSSR count). The zero-order chi connectivity index (χ0) is 12.3. The molecule has 18 heavy (non-hydrogen) atoms.